The molecule has 0 amide bonds. The molecule has 2 aromatic rings. The predicted molar refractivity (Wildman–Crippen MR) is 90.8 cm³/mol. The summed E-state index contributed by atoms with van der Waals surface area (Å²) >= 11 is 17.1. The number of carbonyl (C=O) groups is 2. The molecule has 146 valence electrons. The van der Waals surface area contributed by atoms with E-state index < -0.39 is 47.0 Å². The molecule has 1 atom stereocenters. The number of aromatic carboxylic acids is 1. The van der Waals surface area contributed by atoms with Gasteiger partial charge in [-0.2, -0.15) is 13.2 Å². The summed E-state index contributed by atoms with van der Waals surface area (Å²) in [6, 6.07) is 2.46. The van der Waals surface area contributed by atoms with Crippen molar-refractivity contribution in [2.75, 3.05) is 0 Å². The van der Waals surface area contributed by atoms with Gasteiger partial charge in [-0.1, -0.05) is 34.8 Å². The van der Waals surface area contributed by atoms with E-state index in [1.807, 2.05) is 0 Å². The summed E-state index contributed by atoms with van der Waals surface area (Å²) in [5, 5.41) is 18.3. The number of ketones is 1. The molecule has 0 radical (unpaired) electrons. The molecule has 27 heavy (non-hydrogen) atoms. The molecule has 1 unspecified atom stereocenters. The van der Waals surface area contributed by atoms with Gasteiger partial charge in [0.15, 0.2) is 11.4 Å². The van der Waals surface area contributed by atoms with Crippen LogP contribution in [0.2, 0.25) is 15.1 Å². The fourth-order valence-corrected chi connectivity index (χ4v) is 2.91. The summed E-state index contributed by atoms with van der Waals surface area (Å²) in [4.78, 5) is 23.2. The van der Waals surface area contributed by atoms with Crippen LogP contribution in [0.5, 0.6) is 0 Å². The van der Waals surface area contributed by atoms with Crippen LogP contribution in [0.1, 0.15) is 38.7 Å². The van der Waals surface area contributed by atoms with E-state index in [1.54, 1.807) is 0 Å². The third kappa shape index (κ3) is 4.08. The molecule has 2 N–H and O–H groups in total. The van der Waals surface area contributed by atoms with Crippen LogP contribution in [0.15, 0.2) is 22.6 Å². The zero-order chi connectivity index (χ0) is 20.7. The topological polar surface area (TPSA) is 87.7 Å². The number of carbonyl (C=O) groups excluding carboxylic acids is 1. The number of benzene rings is 1. The molecule has 2 rings (SSSR count). The van der Waals surface area contributed by atoms with Gasteiger partial charge in [-0.15, -0.1) is 0 Å². The van der Waals surface area contributed by atoms with Crippen molar-refractivity contribution in [3.05, 3.63) is 55.9 Å². The first-order chi connectivity index (χ1) is 12.3. The van der Waals surface area contributed by atoms with Gasteiger partial charge in [-0.25, -0.2) is 4.79 Å². The van der Waals surface area contributed by atoms with Crippen LogP contribution in [-0.4, -0.2) is 28.1 Å². The molecule has 11 heteroatoms. The van der Waals surface area contributed by atoms with Crippen LogP contribution in [0.3, 0.4) is 0 Å². The van der Waals surface area contributed by atoms with Crippen LogP contribution in [0, 0.1) is 6.92 Å². The normalized spacial score (nSPS) is 14.1. The summed E-state index contributed by atoms with van der Waals surface area (Å²) in [5.74, 6) is -3.99. The standard InChI is InChI=1S/C16H10Cl3F3O5/c1-6-2-11(27-13(6)14(24)25)10(23)5-15(26,16(20,21)22)7-3-8(17)12(19)9(18)4-7/h2-4,26H,5H2,1H3,(H,24,25). The van der Waals surface area contributed by atoms with Gasteiger partial charge in [0.2, 0.25) is 11.5 Å². The Hall–Kier alpha value is -1.74. The van der Waals surface area contributed by atoms with E-state index in [0.29, 0.717) is 0 Å². The number of halogens is 6. The number of aryl methyl sites for hydroxylation is 1. The van der Waals surface area contributed by atoms with Crippen LogP contribution in [0.25, 0.3) is 0 Å². The minimum absolute atomic E-state index is 0.0407. The van der Waals surface area contributed by atoms with Gasteiger partial charge in [0.1, 0.15) is 0 Å². The van der Waals surface area contributed by atoms with Crippen molar-refractivity contribution in [2.45, 2.75) is 25.1 Å². The Morgan fingerprint density at radius 3 is 2.04 bits per heavy atom. The van der Waals surface area contributed by atoms with Crippen molar-refractivity contribution in [2.24, 2.45) is 0 Å². The number of carboxylic acids is 1. The van der Waals surface area contributed by atoms with Gasteiger partial charge in [0.05, 0.1) is 21.5 Å². The average Bonchev–Trinajstić information content (AvgIpc) is 2.93. The molecule has 0 aliphatic carbocycles. The molecule has 0 bridgehead atoms. The van der Waals surface area contributed by atoms with Gasteiger partial charge >= 0.3 is 12.1 Å². The Kier molecular flexibility index (Phi) is 5.87. The Morgan fingerprint density at radius 1 is 1.11 bits per heavy atom. The number of alkyl halides is 3. The molecule has 0 spiro atoms. The van der Waals surface area contributed by atoms with E-state index in [-0.39, 0.29) is 20.6 Å². The van der Waals surface area contributed by atoms with E-state index in [2.05, 4.69) is 0 Å². The maximum atomic E-state index is 13.6. The van der Waals surface area contributed by atoms with Crippen molar-refractivity contribution in [1.29, 1.82) is 0 Å². The lowest BCUT2D eigenvalue weighted by molar-refractivity contribution is -0.264. The molecule has 1 aromatic heterocycles. The van der Waals surface area contributed by atoms with E-state index in [0.717, 1.165) is 18.2 Å². The van der Waals surface area contributed by atoms with E-state index in [4.69, 9.17) is 44.3 Å². The van der Waals surface area contributed by atoms with Gasteiger partial charge in [0, 0.05) is 5.56 Å². The van der Waals surface area contributed by atoms with Crippen LogP contribution >= 0.6 is 34.8 Å². The molecule has 0 aliphatic rings. The van der Waals surface area contributed by atoms with Crippen molar-refractivity contribution < 1.29 is 37.4 Å². The SMILES string of the molecule is Cc1cc(C(=O)CC(O)(c2cc(Cl)c(Cl)c(Cl)c2)C(F)(F)F)oc1C(=O)O. The molecular formula is C16H10Cl3F3O5. The fourth-order valence-electron chi connectivity index (χ4n) is 2.31. The van der Waals surface area contributed by atoms with E-state index >= 15 is 0 Å². The highest BCUT2D eigenvalue weighted by Gasteiger charge is 2.56. The van der Waals surface area contributed by atoms with Crippen molar-refractivity contribution in [3.8, 4) is 0 Å². The quantitative estimate of drug-likeness (QED) is 0.484. The molecule has 0 aliphatic heterocycles. The molecule has 1 heterocycles. The average molecular weight is 446 g/mol. The molecule has 0 saturated heterocycles. The lowest BCUT2D eigenvalue weighted by Crippen LogP contribution is -2.44. The second-order valence-corrected chi connectivity index (χ2v) is 6.83. The monoisotopic (exact) mass is 444 g/mol. The summed E-state index contributed by atoms with van der Waals surface area (Å²) in [5.41, 5.74) is -4.42. The second kappa shape index (κ2) is 7.35. The number of hydrogen-bond donors (Lipinski definition) is 2. The highest BCUT2D eigenvalue weighted by Crippen LogP contribution is 2.45. The Bertz CT molecular complexity index is 900. The van der Waals surface area contributed by atoms with Crippen LogP contribution in [0.4, 0.5) is 13.2 Å². The number of rotatable bonds is 5. The maximum Gasteiger partial charge on any atom is 0.421 e. The van der Waals surface area contributed by atoms with Gasteiger partial charge in [-0.05, 0) is 30.7 Å². The number of aliphatic hydroxyl groups is 1. The first kappa shape index (κ1) is 21.6. The highest BCUT2D eigenvalue weighted by molar-refractivity contribution is 6.48. The van der Waals surface area contributed by atoms with Gasteiger partial charge in [0.25, 0.3) is 0 Å². The van der Waals surface area contributed by atoms with Crippen LogP contribution < -0.4 is 0 Å². The predicted octanol–water partition coefficient (Wildman–Crippen LogP) is 5.27. The minimum Gasteiger partial charge on any atom is -0.475 e. The number of carboxylic acid groups (broad SMARTS) is 1. The summed E-state index contributed by atoms with van der Waals surface area (Å²) < 4.78 is 45.6. The first-order valence-electron chi connectivity index (χ1n) is 7.09. The number of Topliss-reactive ketones (excluding diaryl/α,β-unsaturated/α-hetero) is 1. The van der Waals surface area contributed by atoms with Gasteiger partial charge in [-0.3, -0.25) is 4.79 Å². The summed E-state index contributed by atoms with van der Waals surface area (Å²) in [6.07, 6.45) is -6.78. The third-order valence-electron chi connectivity index (χ3n) is 3.73. The third-order valence-corrected chi connectivity index (χ3v) is 4.93. The van der Waals surface area contributed by atoms with Crippen molar-refractivity contribution >= 4 is 46.6 Å². The van der Waals surface area contributed by atoms with Crippen LogP contribution in [-0.2, 0) is 5.60 Å². The smallest absolute Gasteiger partial charge is 0.421 e. The Balaban J connectivity index is 2.50. The second-order valence-electron chi connectivity index (χ2n) is 5.64. The van der Waals surface area contributed by atoms with E-state index in [1.165, 1.54) is 6.92 Å². The number of furan rings is 1. The maximum absolute atomic E-state index is 13.6. The zero-order valence-electron chi connectivity index (χ0n) is 13.3. The fraction of sp³-hybridized carbons (Fsp3) is 0.250. The van der Waals surface area contributed by atoms with E-state index in [9.17, 15) is 27.9 Å². The zero-order valence-corrected chi connectivity index (χ0v) is 15.6. The van der Waals surface area contributed by atoms with Crippen molar-refractivity contribution in [3.63, 3.8) is 0 Å². The lowest BCUT2D eigenvalue weighted by atomic mass is 9.87. The highest BCUT2D eigenvalue weighted by atomic mass is 35.5. The number of hydrogen-bond acceptors (Lipinski definition) is 4. The molecule has 0 saturated carbocycles. The van der Waals surface area contributed by atoms with Crippen molar-refractivity contribution in [1.82, 2.24) is 0 Å². The molecule has 0 fully saturated rings. The largest absolute Gasteiger partial charge is 0.475 e. The summed E-state index contributed by atoms with van der Waals surface area (Å²) in [7, 11) is 0. The Morgan fingerprint density at radius 2 is 1.63 bits per heavy atom. The summed E-state index contributed by atoms with van der Waals surface area (Å²) in [6.45, 7) is 1.30. The first-order valence-corrected chi connectivity index (χ1v) is 8.22. The van der Waals surface area contributed by atoms with Gasteiger partial charge < -0.3 is 14.6 Å². The Labute approximate surface area is 165 Å². The molecule has 5 nitrogen and oxygen atoms in total. The lowest BCUT2D eigenvalue weighted by Gasteiger charge is -2.30. The minimum atomic E-state index is -5.29. The molecule has 1 aromatic carbocycles. The molecular weight excluding hydrogens is 436 g/mol.